The summed E-state index contributed by atoms with van der Waals surface area (Å²) in [7, 11) is 1.59. The molecule has 0 aliphatic carbocycles. The summed E-state index contributed by atoms with van der Waals surface area (Å²) in [6.45, 7) is 3.65. The molecule has 5 rings (SSSR count). The Morgan fingerprint density at radius 3 is 2.49 bits per heavy atom. The van der Waals surface area contributed by atoms with Crippen LogP contribution >= 0.6 is 11.3 Å². The molecule has 0 fully saturated rings. The van der Waals surface area contributed by atoms with Crippen LogP contribution in [0.15, 0.2) is 92.2 Å². The zero-order valence-electron chi connectivity index (χ0n) is 19.4. The van der Waals surface area contributed by atoms with Crippen molar-refractivity contribution in [2.45, 2.75) is 19.9 Å². The van der Waals surface area contributed by atoms with Gasteiger partial charge in [-0.3, -0.25) is 14.2 Å². The summed E-state index contributed by atoms with van der Waals surface area (Å²) in [4.78, 5) is 32.3. The lowest BCUT2D eigenvalue weighted by Crippen LogP contribution is -2.40. The summed E-state index contributed by atoms with van der Waals surface area (Å²) in [6, 6.07) is 19.6. The second-order valence-electron chi connectivity index (χ2n) is 8.12. The van der Waals surface area contributed by atoms with Gasteiger partial charge in [0.25, 0.3) is 11.5 Å². The molecule has 8 heteroatoms. The molecule has 35 heavy (non-hydrogen) atoms. The lowest BCUT2D eigenvalue weighted by molar-refractivity contribution is -0.113. The van der Waals surface area contributed by atoms with Crippen LogP contribution in [0.25, 0.3) is 6.08 Å². The maximum Gasteiger partial charge on any atom is 0.271 e. The molecule has 0 bridgehead atoms. The summed E-state index contributed by atoms with van der Waals surface area (Å²) in [5, 5.41) is 2.95. The van der Waals surface area contributed by atoms with Gasteiger partial charge >= 0.3 is 0 Å². The molecule has 7 nitrogen and oxygen atoms in total. The Bertz CT molecular complexity index is 1610. The van der Waals surface area contributed by atoms with Crippen molar-refractivity contribution in [3.63, 3.8) is 0 Å². The van der Waals surface area contributed by atoms with E-state index in [1.165, 1.54) is 11.3 Å². The first kappa shape index (κ1) is 22.6. The highest BCUT2D eigenvalue weighted by Gasteiger charge is 2.32. The molecule has 3 heterocycles. The van der Waals surface area contributed by atoms with E-state index in [0.717, 1.165) is 11.3 Å². The number of ether oxygens (including phenoxy) is 1. The number of amides is 1. The van der Waals surface area contributed by atoms with Crippen LogP contribution in [0.3, 0.4) is 0 Å². The minimum atomic E-state index is -0.652. The number of para-hydroxylation sites is 1. The summed E-state index contributed by atoms with van der Waals surface area (Å²) >= 11 is 1.27. The van der Waals surface area contributed by atoms with Crippen LogP contribution in [-0.2, 0) is 4.79 Å². The van der Waals surface area contributed by atoms with E-state index in [-0.39, 0.29) is 11.5 Å². The summed E-state index contributed by atoms with van der Waals surface area (Å²) in [5.41, 5.74) is 2.17. The van der Waals surface area contributed by atoms with Crippen molar-refractivity contribution in [2.24, 2.45) is 4.99 Å². The van der Waals surface area contributed by atoms with Crippen molar-refractivity contribution in [3.05, 3.63) is 115 Å². The van der Waals surface area contributed by atoms with Crippen molar-refractivity contribution in [3.8, 4) is 5.75 Å². The van der Waals surface area contributed by atoms with Crippen molar-refractivity contribution in [1.29, 1.82) is 0 Å². The maximum atomic E-state index is 13.6. The molecule has 2 aromatic heterocycles. The minimum Gasteiger partial charge on any atom is -0.497 e. The molecule has 176 valence electrons. The number of nitrogens with one attached hydrogen (secondary N) is 1. The minimum absolute atomic E-state index is 0.235. The molecule has 0 saturated carbocycles. The maximum absolute atomic E-state index is 13.6. The Kier molecular flexibility index (Phi) is 5.96. The topological polar surface area (TPSA) is 85.8 Å². The first-order chi connectivity index (χ1) is 16.9. The molecule has 1 aliphatic rings. The Hall–Kier alpha value is -4.17. The number of anilines is 1. The second-order valence-corrected chi connectivity index (χ2v) is 9.13. The fraction of sp³-hybridized carbons (Fsp3) is 0.148. The summed E-state index contributed by atoms with van der Waals surface area (Å²) in [5.74, 6) is 1.72. The van der Waals surface area contributed by atoms with Gasteiger partial charge in [0.2, 0.25) is 0 Å². The van der Waals surface area contributed by atoms with Crippen LogP contribution in [0.1, 0.15) is 30.0 Å². The van der Waals surface area contributed by atoms with E-state index >= 15 is 0 Å². The Balaban J connectivity index is 1.67. The largest absolute Gasteiger partial charge is 0.497 e. The number of hydrogen-bond acceptors (Lipinski definition) is 6. The van der Waals surface area contributed by atoms with Gasteiger partial charge in [0, 0.05) is 11.8 Å². The number of carbonyl (C=O) groups excluding carboxylic acids is 1. The molecule has 0 unspecified atom stereocenters. The zero-order chi connectivity index (χ0) is 24.5. The van der Waals surface area contributed by atoms with Crippen molar-refractivity contribution in [2.75, 3.05) is 12.4 Å². The second kappa shape index (κ2) is 9.23. The Morgan fingerprint density at radius 2 is 1.83 bits per heavy atom. The third-order valence-electron chi connectivity index (χ3n) is 5.76. The fourth-order valence-electron chi connectivity index (χ4n) is 4.09. The molecule has 0 spiro atoms. The third-order valence-corrected chi connectivity index (χ3v) is 6.75. The van der Waals surface area contributed by atoms with Gasteiger partial charge in [-0.15, -0.1) is 0 Å². The van der Waals surface area contributed by atoms with E-state index in [2.05, 4.69) is 10.3 Å². The van der Waals surface area contributed by atoms with Crippen LogP contribution in [0.2, 0.25) is 0 Å². The number of rotatable bonds is 5. The van der Waals surface area contributed by atoms with E-state index in [1.54, 1.807) is 24.7 Å². The highest BCUT2D eigenvalue weighted by atomic mass is 32.1. The van der Waals surface area contributed by atoms with Crippen LogP contribution in [-0.4, -0.2) is 17.6 Å². The number of allylic oxidation sites excluding steroid dienone is 1. The van der Waals surface area contributed by atoms with E-state index in [1.807, 2.05) is 73.7 Å². The number of aryl methyl sites for hydroxylation is 1. The SMILES string of the molecule is COc1ccc([C@@H]2C(C(=O)Nc3ccccc3)=C(C)N=c3s/c(=C/c4ccc(C)o4)c(=O)n32)cc1. The lowest BCUT2D eigenvalue weighted by Gasteiger charge is -2.25. The molecule has 0 saturated heterocycles. The molecular formula is C27H23N3O4S. The Morgan fingerprint density at radius 1 is 1.09 bits per heavy atom. The number of thiazole rings is 1. The number of carbonyl (C=O) groups is 1. The number of nitrogens with zero attached hydrogens (tertiary/aromatic N) is 2. The fourth-order valence-corrected chi connectivity index (χ4v) is 5.12. The number of aromatic nitrogens is 1. The van der Waals surface area contributed by atoms with Crippen molar-refractivity contribution in [1.82, 2.24) is 4.57 Å². The smallest absolute Gasteiger partial charge is 0.271 e. The lowest BCUT2D eigenvalue weighted by atomic mass is 9.95. The average molecular weight is 486 g/mol. The van der Waals surface area contributed by atoms with Gasteiger partial charge in [0.1, 0.15) is 17.3 Å². The first-order valence-electron chi connectivity index (χ1n) is 11.0. The quantitative estimate of drug-likeness (QED) is 0.466. The number of methoxy groups -OCH3 is 1. The van der Waals surface area contributed by atoms with Gasteiger partial charge in [-0.05, 0) is 55.8 Å². The van der Waals surface area contributed by atoms with E-state index in [0.29, 0.717) is 37.8 Å². The molecule has 1 aliphatic heterocycles. The van der Waals surface area contributed by atoms with Gasteiger partial charge in [-0.25, -0.2) is 4.99 Å². The summed E-state index contributed by atoms with van der Waals surface area (Å²) in [6.07, 6.45) is 1.71. The highest BCUT2D eigenvalue weighted by Crippen LogP contribution is 2.31. The predicted octanol–water partition coefficient (Wildman–Crippen LogP) is 3.78. The molecule has 1 amide bonds. The normalized spacial score (nSPS) is 15.5. The standard InChI is InChI=1S/C27H23N3O4S/c1-16-9-12-21(34-16)15-22-26(32)30-24(18-10-13-20(33-3)14-11-18)23(17(2)28-27(30)35-22)25(31)29-19-7-5-4-6-8-19/h4-15,24H,1-3H3,(H,29,31)/b22-15+/t24-/m1/s1. The van der Waals surface area contributed by atoms with Gasteiger partial charge in [-0.2, -0.15) is 0 Å². The molecular weight excluding hydrogens is 462 g/mol. The number of hydrogen-bond donors (Lipinski definition) is 1. The van der Waals surface area contributed by atoms with Crippen molar-refractivity contribution < 1.29 is 13.9 Å². The van der Waals surface area contributed by atoms with Crippen LogP contribution in [0.5, 0.6) is 5.75 Å². The number of fused-ring (bicyclic) bond motifs is 1. The number of furan rings is 1. The van der Waals surface area contributed by atoms with Crippen LogP contribution in [0.4, 0.5) is 5.69 Å². The Labute approximate surface area is 205 Å². The van der Waals surface area contributed by atoms with E-state index < -0.39 is 6.04 Å². The average Bonchev–Trinajstić information content (AvgIpc) is 3.41. The zero-order valence-corrected chi connectivity index (χ0v) is 20.3. The van der Waals surface area contributed by atoms with E-state index in [9.17, 15) is 9.59 Å². The van der Waals surface area contributed by atoms with Gasteiger partial charge < -0.3 is 14.5 Å². The van der Waals surface area contributed by atoms with Crippen LogP contribution < -0.4 is 24.9 Å². The molecule has 1 N–H and O–H groups in total. The van der Waals surface area contributed by atoms with Gasteiger partial charge in [0.05, 0.1) is 29.0 Å². The van der Waals surface area contributed by atoms with Crippen LogP contribution in [0, 0.1) is 6.92 Å². The van der Waals surface area contributed by atoms with Gasteiger partial charge in [0.15, 0.2) is 4.80 Å². The monoisotopic (exact) mass is 485 g/mol. The highest BCUT2D eigenvalue weighted by molar-refractivity contribution is 7.07. The molecule has 2 aromatic carbocycles. The first-order valence-corrected chi connectivity index (χ1v) is 11.9. The summed E-state index contributed by atoms with van der Waals surface area (Å²) < 4.78 is 13.0. The number of benzene rings is 2. The van der Waals surface area contributed by atoms with Crippen molar-refractivity contribution >= 4 is 29.0 Å². The predicted molar refractivity (Wildman–Crippen MR) is 135 cm³/mol. The third kappa shape index (κ3) is 4.36. The van der Waals surface area contributed by atoms with Gasteiger partial charge in [-0.1, -0.05) is 41.7 Å². The molecule has 0 radical (unpaired) electrons. The molecule has 4 aromatic rings. The van der Waals surface area contributed by atoms with E-state index in [4.69, 9.17) is 9.15 Å². The molecule has 1 atom stereocenters.